The lowest BCUT2D eigenvalue weighted by molar-refractivity contribution is 0.340. The van der Waals surface area contributed by atoms with Crippen molar-refractivity contribution in [2.45, 2.75) is 24.8 Å². The Morgan fingerprint density at radius 2 is 1.84 bits per heavy atom. The Morgan fingerprint density at radius 1 is 1.08 bits per heavy atom. The molecule has 0 amide bonds. The lowest BCUT2D eigenvalue weighted by atomic mass is 10.2. The van der Waals surface area contributed by atoms with Crippen molar-refractivity contribution in [1.82, 2.24) is 14.9 Å². The summed E-state index contributed by atoms with van der Waals surface area (Å²) in [5.74, 6) is 2.45. The molecule has 6 heteroatoms. The van der Waals surface area contributed by atoms with E-state index in [0.29, 0.717) is 6.61 Å². The van der Waals surface area contributed by atoms with Crippen LogP contribution in [-0.4, -0.2) is 27.7 Å². The highest BCUT2D eigenvalue weighted by Gasteiger charge is 2.08. The smallest absolute Gasteiger partial charge is 0.212 e. The van der Waals surface area contributed by atoms with Crippen molar-refractivity contribution in [1.29, 1.82) is 0 Å². The first kappa shape index (κ1) is 17.2. The molecular weight excluding hydrogens is 332 g/mol. The van der Waals surface area contributed by atoms with Crippen molar-refractivity contribution in [3.8, 4) is 5.75 Å². The van der Waals surface area contributed by atoms with Gasteiger partial charge in [0.25, 0.3) is 0 Å². The fourth-order valence-electron chi connectivity index (χ4n) is 2.22. The van der Waals surface area contributed by atoms with Crippen LogP contribution in [0.15, 0.2) is 64.9 Å². The van der Waals surface area contributed by atoms with Crippen molar-refractivity contribution in [2.75, 3.05) is 6.61 Å². The maximum atomic E-state index is 5.45. The zero-order valence-corrected chi connectivity index (χ0v) is 15.1. The van der Waals surface area contributed by atoms with Crippen LogP contribution in [0.1, 0.15) is 23.9 Å². The van der Waals surface area contributed by atoms with Gasteiger partial charge in [-0.1, -0.05) is 42.1 Å². The van der Waals surface area contributed by atoms with Crippen LogP contribution >= 0.6 is 11.8 Å². The molecular formula is C19H20N4OS. The molecule has 0 fully saturated rings. The Labute approximate surface area is 151 Å². The Balaban J connectivity index is 1.70. The lowest BCUT2D eigenvalue weighted by Crippen LogP contribution is -1.97. The summed E-state index contributed by atoms with van der Waals surface area (Å²) in [4.78, 5) is 0. The maximum absolute atomic E-state index is 5.45. The summed E-state index contributed by atoms with van der Waals surface area (Å²) in [6, 6.07) is 18.1. The summed E-state index contributed by atoms with van der Waals surface area (Å²) in [7, 11) is 0. The van der Waals surface area contributed by atoms with E-state index in [1.54, 1.807) is 22.7 Å². The van der Waals surface area contributed by atoms with Gasteiger partial charge >= 0.3 is 0 Å². The number of aryl methyl sites for hydroxylation is 1. The van der Waals surface area contributed by atoms with Gasteiger partial charge in [0.1, 0.15) is 5.75 Å². The number of ether oxygens (including phenoxy) is 1. The molecule has 0 atom stereocenters. The molecule has 0 aliphatic carbocycles. The molecule has 0 aliphatic rings. The molecule has 0 bridgehead atoms. The molecule has 0 saturated heterocycles. The Bertz CT molecular complexity index is 828. The Kier molecular flexibility index (Phi) is 5.85. The van der Waals surface area contributed by atoms with Crippen molar-refractivity contribution in [3.63, 3.8) is 0 Å². The Morgan fingerprint density at radius 3 is 2.56 bits per heavy atom. The van der Waals surface area contributed by atoms with Gasteiger partial charge in [-0.3, -0.25) is 0 Å². The summed E-state index contributed by atoms with van der Waals surface area (Å²) in [5, 5.41) is 13.7. The average Bonchev–Trinajstić information content (AvgIpc) is 3.00. The molecule has 2 aromatic carbocycles. The quantitative estimate of drug-likeness (QED) is 0.473. The van der Waals surface area contributed by atoms with Crippen LogP contribution in [0.2, 0.25) is 0 Å². The van der Waals surface area contributed by atoms with Gasteiger partial charge in [0.2, 0.25) is 5.16 Å². The molecule has 25 heavy (non-hydrogen) atoms. The van der Waals surface area contributed by atoms with Gasteiger partial charge in [-0.2, -0.15) is 9.78 Å². The molecule has 3 rings (SSSR count). The summed E-state index contributed by atoms with van der Waals surface area (Å²) in [5.41, 5.74) is 2.24. The Hall–Kier alpha value is -2.60. The summed E-state index contributed by atoms with van der Waals surface area (Å²) in [6.07, 6.45) is 1.80. The van der Waals surface area contributed by atoms with Crippen LogP contribution in [0.25, 0.3) is 0 Å². The molecule has 3 aromatic rings. The lowest BCUT2D eigenvalue weighted by Gasteiger charge is -2.04. The summed E-state index contributed by atoms with van der Waals surface area (Å²) in [6.45, 7) is 4.53. The predicted octanol–water partition coefficient (Wildman–Crippen LogP) is 4.16. The van der Waals surface area contributed by atoms with E-state index in [0.717, 1.165) is 28.0 Å². The average molecular weight is 352 g/mol. The number of nitrogens with zero attached hydrogens (tertiary/aromatic N) is 4. The standard InChI is InChI=1S/C19H20N4OS/c1-3-24-18-11-9-16(10-12-18)13-20-23-15(2)21-22-19(23)25-14-17-7-5-4-6-8-17/h4-13H,3,14H2,1-2H3/b20-13-. The molecule has 0 radical (unpaired) electrons. The summed E-state index contributed by atoms with van der Waals surface area (Å²) < 4.78 is 7.22. The van der Waals surface area contributed by atoms with E-state index in [1.165, 1.54) is 5.56 Å². The minimum atomic E-state index is 0.662. The minimum absolute atomic E-state index is 0.662. The van der Waals surface area contributed by atoms with Crippen LogP contribution in [-0.2, 0) is 5.75 Å². The van der Waals surface area contributed by atoms with Crippen molar-refractivity contribution >= 4 is 18.0 Å². The number of hydrogen-bond donors (Lipinski definition) is 0. The van der Waals surface area contributed by atoms with Gasteiger partial charge in [0.05, 0.1) is 12.8 Å². The molecule has 0 aliphatic heterocycles. The molecule has 128 valence electrons. The summed E-state index contributed by atoms with van der Waals surface area (Å²) >= 11 is 1.62. The largest absolute Gasteiger partial charge is 0.494 e. The monoisotopic (exact) mass is 352 g/mol. The SMILES string of the molecule is CCOc1ccc(/C=N\n2c(C)nnc2SCc2ccccc2)cc1. The highest BCUT2D eigenvalue weighted by Crippen LogP contribution is 2.21. The highest BCUT2D eigenvalue weighted by atomic mass is 32.2. The van der Waals surface area contributed by atoms with E-state index in [9.17, 15) is 0 Å². The third-order valence-electron chi connectivity index (χ3n) is 3.49. The first-order valence-electron chi connectivity index (χ1n) is 8.12. The fraction of sp³-hybridized carbons (Fsp3) is 0.211. The van der Waals surface area contributed by atoms with Crippen LogP contribution in [0.3, 0.4) is 0 Å². The van der Waals surface area contributed by atoms with Crippen LogP contribution in [0.5, 0.6) is 5.75 Å². The fourth-order valence-corrected chi connectivity index (χ4v) is 3.11. The molecule has 0 unspecified atom stereocenters. The van der Waals surface area contributed by atoms with E-state index >= 15 is 0 Å². The van der Waals surface area contributed by atoms with Gasteiger partial charge in [-0.05, 0) is 49.2 Å². The number of benzene rings is 2. The number of hydrogen-bond acceptors (Lipinski definition) is 5. The number of aromatic nitrogens is 3. The van der Waals surface area contributed by atoms with Crippen LogP contribution in [0.4, 0.5) is 0 Å². The zero-order chi connectivity index (χ0) is 17.5. The van der Waals surface area contributed by atoms with Crippen LogP contribution in [0, 0.1) is 6.92 Å². The second-order valence-electron chi connectivity index (χ2n) is 5.36. The predicted molar refractivity (Wildman–Crippen MR) is 101 cm³/mol. The van der Waals surface area contributed by atoms with Gasteiger partial charge in [0, 0.05) is 5.75 Å². The molecule has 0 N–H and O–H groups in total. The first-order chi connectivity index (χ1) is 12.3. The zero-order valence-electron chi connectivity index (χ0n) is 14.3. The van der Waals surface area contributed by atoms with Gasteiger partial charge in [-0.15, -0.1) is 10.2 Å². The minimum Gasteiger partial charge on any atom is -0.494 e. The van der Waals surface area contributed by atoms with Gasteiger partial charge in [-0.25, -0.2) is 0 Å². The second kappa shape index (κ2) is 8.48. The van der Waals surface area contributed by atoms with Crippen molar-refractivity contribution < 1.29 is 4.74 Å². The first-order valence-corrected chi connectivity index (χ1v) is 9.11. The highest BCUT2D eigenvalue weighted by molar-refractivity contribution is 7.98. The molecule has 1 aromatic heterocycles. The molecule has 1 heterocycles. The van der Waals surface area contributed by atoms with Gasteiger partial charge in [0.15, 0.2) is 5.82 Å². The van der Waals surface area contributed by atoms with Crippen molar-refractivity contribution in [3.05, 3.63) is 71.5 Å². The normalized spacial score (nSPS) is 11.1. The molecule has 0 spiro atoms. The van der Waals surface area contributed by atoms with E-state index in [2.05, 4.69) is 27.4 Å². The van der Waals surface area contributed by atoms with E-state index in [-0.39, 0.29) is 0 Å². The second-order valence-corrected chi connectivity index (χ2v) is 6.30. The van der Waals surface area contributed by atoms with E-state index in [1.807, 2.05) is 56.3 Å². The topological polar surface area (TPSA) is 52.3 Å². The maximum Gasteiger partial charge on any atom is 0.212 e. The third-order valence-corrected chi connectivity index (χ3v) is 4.48. The van der Waals surface area contributed by atoms with Crippen LogP contribution < -0.4 is 4.74 Å². The number of rotatable bonds is 7. The third kappa shape index (κ3) is 4.70. The molecule has 5 nitrogen and oxygen atoms in total. The van der Waals surface area contributed by atoms with Gasteiger partial charge < -0.3 is 4.74 Å². The van der Waals surface area contributed by atoms with E-state index < -0.39 is 0 Å². The molecule has 0 saturated carbocycles. The van der Waals surface area contributed by atoms with E-state index in [4.69, 9.17) is 4.74 Å². The van der Waals surface area contributed by atoms with Crippen molar-refractivity contribution in [2.24, 2.45) is 5.10 Å². The number of thioether (sulfide) groups is 1.